The normalized spacial score (nSPS) is 11.9. The molecule has 0 fully saturated rings. The molecule has 0 aliphatic heterocycles. The second-order valence-electron chi connectivity index (χ2n) is 5.67. The molecule has 144 valence electrons. The summed E-state index contributed by atoms with van der Waals surface area (Å²) in [5.74, 6) is -0.253. The van der Waals surface area contributed by atoms with E-state index in [0.29, 0.717) is 16.7 Å². The number of hydrogen-bond donors (Lipinski definition) is 1. The number of aromatic nitrogens is 4. The molecule has 27 heavy (non-hydrogen) atoms. The van der Waals surface area contributed by atoms with Crippen molar-refractivity contribution in [2.45, 2.75) is 26.1 Å². The van der Waals surface area contributed by atoms with Gasteiger partial charge in [-0.1, -0.05) is 11.6 Å². The molecule has 0 unspecified atom stereocenters. The molecule has 0 saturated carbocycles. The molecule has 12 heteroatoms. The Morgan fingerprint density at radius 1 is 1.37 bits per heavy atom. The zero-order chi connectivity index (χ0) is 19.9. The standard InChI is InChI=1S/C15H13ClF3N5O2S/c1-7-9(4-12(25)20-2)24-13(26)3-8(21-14(24)27-7)6-23-11(16)5-10(22-23)15(17,18)19/h3,5H,4,6H2,1-2H3,(H,20,25). The van der Waals surface area contributed by atoms with E-state index in [1.54, 1.807) is 6.92 Å². The summed E-state index contributed by atoms with van der Waals surface area (Å²) in [6, 6.07) is 1.90. The van der Waals surface area contributed by atoms with Gasteiger partial charge in [0.05, 0.1) is 24.4 Å². The number of carbonyl (C=O) groups excluding carboxylic acids is 1. The Morgan fingerprint density at radius 3 is 2.67 bits per heavy atom. The summed E-state index contributed by atoms with van der Waals surface area (Å²) in [5, 5.41) is 5.70. The summed E-state index contributed by atoms with van der Waals surface area (Å²) in [6.45, 7) is 1.57. The summed E-state index contributed by atoms with van der Waals surface area (Å²) < 4.78 is 40.5. The van der Waals surface area contributed by atoms with E-state index in [4.69, 9.17) is 11.6 Å². The molecule has 0 radical (unpaired) electrons. The van der Waals surface area contributed by atoms with Gasteiger partial charge in [-0.25, -0.2) is 9.67 Å². The fraction of sp³-hybridized carbons (Fsp3) is 0.333. The van der Waals surface area contributed by atoms with Gasteiger partial charge in [-0.05, 0) is 6.92 Å². The minimum Gasteiger partial charge on any atom is -0.359 e. The molecule has 7 nitrogen and oxygen atoms in total. The molecule has 0 bridgehead atoms. The van der Waals surface area contributed by atoms with Crippen molar-refractivity contribution in [2.75, 3.05) is 7.05 Å². The molecule has 3 aromatic rings. The minimum atomic E-state index is -4.62. The van der Waals surface area contributed by atoms with Crippen LogP contribution in [-0.4, -0.2) is 32.1 Å². The Hall–Kier alpha value is -2.40. The first-order valence-electron chi connectivity index (χ1n) is 7.62. The summed E-state index contributed by atoms with van der Waals surface area (Å²) in [5.41, 5.74) is -0.816. The number of nitrogens with zero attached hydrogens (tertiary/aromatic N) is 4. The number of hydrogen-bond acceptors (Lipinski definition) is 5. The third-order valence-electron chi connectivity index (χ3n) is 3.80. The van der Waals surface area contributed by atoms with Gasteiger partial charge in [0.2, 0.25) is 5.91 Å². The topological polar surface area (TPSA) is 81.3 Å². The molecular formula is C15H13ClF3N5O2S. The van der Waals surface area contributed by atoms with Crippen molar-refractivity contribution in [1.29, 1.82) is 0 Å². The maximum atomic E-state index is 12.7. The number of likely N-dealkylation sites (N-methyl/N-ethyl adjacent to an activating group) is 1. The average molecular weight is 420 g/mol. The van der Waals surface area contributed by atoms with Crippen LogP contribution in [0.2, 0.25) is 5.15 Å². The van der Waals surface area contributed by atoms with Crippen LogP contribution in [0.4, 0.5) is 13.2 Å². The van der Waals surface area contributed by atoms with Gasteiger partial charge in [-0.3, -0.25) is 14.0 Å². The Labute approximate surface area is 159 Å². The number of fused-ring (bicyclic) bond motifs is 1. The molecule has 3 aromatic heterocycles. The lowest BCUT2D eigenvalue weighted by molar-refractivity contribution is -0.141. The molecule has 1 amide bonds. The average Bonchev–Trinajstić information content (AvgIpc) is 3.08. The van der Waals surface area contributed by atoms with Crippen molar-refractivity contribution in [3.8, 4) is 0 Å². The number of halogens is 4. The number of aryl methyl sites for hydroxylation is 1. The van der Waals surface area contributed by atoms with Crippen LogP contribution in [0, 0.1) is 6.92 Å². The first-order valence-corrected chi connectivity index (χ1v) is 8.81. The summed E-state index contributed by atoms with van der Waals surface area (Å²) in [4.78, 5) is 29.5. The van der Waals surface area contributed by atoms with Gasteiger partial charge in [-0.2, -0.15) is 18.3 Å². The van der Waals surface area contributed by atoms with Gasteiger partial charge in [-0.15, -0.1) is 11.3 Å². The Morgan fingerprint density at radius 2 is 2.07 bits per heavy atom. The maximum Gasteiger partial charge on any atom is 0.435 e. The maximum absolute atomic E-state index is 12.7. The zero-order valence-electron chi connectivity index (χ0n) is 14.1. The summed E-state index contributed by atoms with van der Waals surface area (Å²) in [6.07, 6.45) is -4.60. The van der Waals surface area contributed by atoms with Crippen LogP contribution in [0.15, 0.2) is 16.9 Å². The van der Waals surface area contributed by atoms with Crippen molar-refractivity contribution >= 4 is 33.8 Å². The quantitative estimate of drug-likeness (QED) is 0.703. The smallest absolute Gasteiger partial charge is 0.359 e. The number of thiazole rings is 1. The van der Waals surface area contributed by atoms with Gasteiger partial charge >= 0.3 is 6.18 Å². The van der Waals surface area contributed by atoms with Gasteiger partial charge < -0.3 is 5.32 Å². The molecule has 0 aliphatic carbocycles. The SMILES string of the molecule is CNC(=O)Cc1c(C)sc2nc(Cn3nc(C(F)(F)F)cc3Cl)cc(=O)n12. The lowest BCUT2D eigenvalue weighted by atomic mass is 10.2. The van der Waals surface area contributed by atoms with Gasteiger partial charge in [0.15, 0.2) is 10.7 Å². The Balaban J connectivity index is 2.00. The van der Waals surface area contributed by atoms with Crippen LogP contribution in [-0.2, 0) is 23.9 Å². The second-order valence-corrected chi connectivity index (χ2v) is 7.24. The highest BCUT2D eigenvalue weighted by Crippen LogP contribution is 2.30. The van der Waals surface area contributed by atoms with Crippen LogP contribution in [0.3, 0.4) is 0 Å². The Kier molecular flexibility index (Phi) is 5.00. The number of nitrogens with one attached hydrogen (secondary N) is 1. The highest BCUT2D eigenvalue weighted by atomic mass is 35.5. The fourth-order valence-corrected chi connectivity index (χ4v) is 3.71. The van der Waals surface area contributed by atoms with Crippen molar-refractivity contribution in [1.82, 2.24) is 24.5 Å². The molecule has 0 atom stereocenters. The van der Waals surface area contributed by atoms with Gasteiger partial charge in [0.25, 0.3) is 5.56 Å². The van der Waals surface area contributed by atoms with E-state index in [1.165, 1.54) is 28.9 Å². The lowest BCUT2D eigenvalue weighted by Crippen LogP contribution is -2.24. The first kappa shape index (κ1) is 19.4. The highest BCUT2D eigenvalue weighted by Gasteiger charge is 2.34. The summed E-state index contributed by atoms with van der Waals surface area (Å²) >= 11 is 7.02. The highest BCUT2D eigenvalue weighted by molar-refractivity contribution is 7.17. The van der Waals surface area contributed by atoms with Crippen molar-refractivity contribution in [2.24, 2.45) is 0 Å². The molecular weight excluding hydrogens is 407 g/mol. The predicted molar refractivity (Wildman–Crippen MR) is 93.2 cm³/mol. The van der Waals surface area contributed by atoms with Gasteiger partial charge in [0.1, 0.15) is 5.15 Å². The molecule has 3 heterocycles. The molecule has 0 aliphatic rings. The van der Waals surface area contributed by atoms with E-state index >= 15 is 0 Å². The van der Waals surface area contributed by atoms with Crippen molar-refractivity contribution < 1.29 is 18.0 Å². The van der Waals surface area contributed by atoms with Gasteiger partial charge in [0, 0.05) is 24.1 Å². The molecule has 3 rings (SSSR count). The Bertz CT molecular complexity index is 1090. The van der Waals surface area contributed by atoms with Crippen molar-refractivity contribution in [3.63, 3.8) is 0 Å². The van der Waals surface area contributed by atoms with Crippen LogP contribution in [0.25, 0.3) is 4.96 Å². The largest absolute Gasteiger partial charge is 0.435 e. The van der Waals surface area contributed by atoms with Crippen LogP contribution >= 0.6 is 22.9 Å². The van der Waals surface area contributed by atoms with Crippen LogP contribution in [0.1, 0.15) is 22.0 Å². The van der Waals surface area contributed by atoms with E-state index in [9.17, 15) is 22.8 Å². The van der Waals surface area contributed by atoms with Crippen molar-refractivity contribution in [3.05, 3.63) is 49.6 Å². The number of rotatable bonds is 4. The molecule has 0 aromatic carbocycles. The van der Waals surface area contributed by atoms with E-state index in [0.717, 1.165) is 9.56 Å². The zero-order valence-corrected chi connectivity index (χ0v) is 15.7. The summed E-state index contributed by atoms with van der Waals surface area (Å²) in [7, 11) is 1.49. The van der Waals surface area contributed by atoms with E-state index in [-0.39, 0.29) is 29.7 Å². The first-order chi connectivity index (χ1) is 12.6. The van der Waals surface area contributed by atoms with E-state index < -0.39 is 17.4 Å². The third-order valence-corrected chi connectivity index (χ3v) is 5.10. The second kappa shape index (κ2) is 6.97. The van der Waals surface area contributed by atoms with Crippen LogP contribution in [0.5, 0.6) is 0 Å². The lowest BCUT2D eigenvalue weighted by Gasteiger charge is -2.05. The molecule has 1 N–H and O–H groups in total. The predicted octanol–water partition coefficient (Wildman–Crippen LogP) is 2.27. The third kappa shape index (κ3) is 3.83. The number of alkyl halides is 3. The van der Waals surface area contributed by atoms with E-state index in [2.05, 4.69) is 15.4 Å². The van der Waals surface area contributed by atoms with E-state index in [1.807, 2.05) is 0 Å². The molecule has 0 saturated heterocycles. The van der Waals surface area contributed by atoms with Crippen LogP contribution < -0.4 is 10.9 Å². The number of amides is 1. The molecule has 0 spiro atoms. The monoisotopic (exact) mass is 419 g/mol. The number of carbonyl (C=O) groups is 1. The fourth-order valence-electron chi connectivity index (χ4n) is 2.50. The minimum absolute atomic E-state index is 0.0171.